The number of amides is 1. The molecule has 0 radical (unpaired) electrons. The van der Waals surface area contributed by atoms with Crippen LogP contribution in [0.15, 0.2) is 35.5 Å². The molecule has 6 nitrogen and oxygen atoms in total. The molecule has 0 fully saturated rings. The first-order valence-corrected chi connectivity index (χ1v) is 8.24. The highest BCUT2D eigenvalue weighted by atomic mass is 32.2. The van der Waals surface area contributed by atoms with Crippen molar-refractivity contribution in [2.75, 3.05) is 0 Å². The molecular weight excluding hydrogens is 298 g/mol. The maximum Gasteiger partial charge on any atom is 0.233 e. The van der Waals surface area contributed by atoms with E-state index < -0.39 is 0 Å². The van der Waals surface area contributed by atoms with Crippen LogP contribution in [0.3, 0.4) is 0 Å². The minimum absolute atomic E-state index is 0.00435. The van der Waals surface area contributed by atoms with Crippen LogP contribution in [0.1, 0.15) is 38.3 Å². The molecule has 0 bridgehead atoms. The third kappa shape index (κ3) is 4.30. The average molecular weight is 319 g/mol. The van der Waals surface area contributed by atoms with E-state index in [1.54, 1.807) is 11.7 Å². The maximum atomic E-state index is 12.4. The van der Waals surface area contributed by atoms with Gasteiger partial charge in [0.1, 0.15) is 0 Å². The SMILES string of the molecule is CCC[C@@H](NC(=O)[C@H](C)Sc1nnnn1C)c1ccccc1. The molecule has 0 spiro atoms. The Bertz CT molecular complexity index is 601. The van der Waals surface area contributed by atoms with Gasteiger partial charge in [-0.1, -0.05) is 55.4 Å². The molecule has 0 saturated carbocycles. The van der Waals surface area contributed by atoms with Crippen molar-refractivity contribution >= 4 is 17.7 Å². The summed E-state index contributed by atoms with van der Waals surface area (Å²) in [5, 5.41) is 14.8. The summed E-state index contributed by atoms with van der Waals surface area (Å²) in [7, 11) is 1.76. The van der Waals surface area contributed by atoms with Crippen LogP contribution in [0.2, 0.25) is 0 Å². The lowest BCUT2D eigenvalue weighted by Gasteiger charge is -2.20. The number of carbonyl (C=O) groups is 1. The predicted molar refractivity (Wildman–Crippen MR) is 86.4 cm³/mol. The van der Waals surface area contributed by atoms with Crippen molar-refractivity contribution in [2.24, 2.45) is 7.05 Å². The van der Waals surface area contributed by atoms with E-state index in [9.17, 15) is 4.79 Å². The molecule has 0 unspecified atom stereocenters. The zero-order valence-corrected chi connectivity index (χ0v) is 13.9. The molecule has 22 heavy (non-hydrogen) atoms. The number of rotatable bonds is 7. The second kappa shape index (κ2) is 7.93. The largest absolute Gasteiger partial charge is 0.348 e. The molecule has 1 heterocycles. The zero-order chi connectivity index (χ0) is 15.9. The van der Waals surface area contributed by atoms with E-state index in [1.807, 2.05) is 37.3 Å². The topological polar surface area (TPSA) is 72.7 Å². The Hall–Kier alpha value is -1.89. The Balaban J connectivity index is 2.00. The molecule has 2 rings (SSSR count). The molecule has 7 heteroatoms. The molecule has 1 aromatic heterocycles. The summed E-state index contributed by atoms with van der Waals surface area (Å²) < 4.78 is 1.56. The van der Waals surface area contributed by atoms with Gasteiger partial charge in [0, 0.05) is 7.05 Å². The van der Waals surface area contributed by atoms with E-state index in [4.69, 9.17) is 0 Å². The third-order valence-corrected chi connectivity index (χ3v) is 4.45. The molecule has 1 amide bonds. The van der Waals surface area contributed by atoms with Crippen LogP contribution >= 0.6 is 11.8 Å². The minimum Gasteiger partial charge on any atom is -0.348 e. The van der Waals surface area contributed by atoms with Crippen LogP contribution in [0.4, 0.5) is 0 Å². The fourth-order valence-corrected chi connectivity index (χ4v) is 2.88. The van der Waals surface area contributed by atoms with Gasteiger partial charge in [0.2, 0.25) is 11.1 Å². The summed E-state index contributed by atoms with van der Waals surface area (Å²) in [5.74, 6) is -0.00435. The van der Waals surface area contributed by atoms with Crippen LogP contribution < -0.4 is 5.32 Å². The Morgan fingerprint density at radius 3 is 2.68 bits per heavy atom. The monoisotopic (exact) mass is 319 g/mol. The number of aryl methyl sites for hydroxylation is 1. The summed E-state index contributed by atoms with van der Waals surface area (Å²) in [5.41, 5.74) is 1.13. The molecule has 2 atom stereocenters. The zero-order valence-electron chi connectivity index (χ0n) is 13.1. The van der Waals surface area contributed by atoms with Gasteiger partial charge in [-0.25, -0.2) is 4.68 Å². The highest BCUT2D eigenvalue weighted by Gasteiger charge is 2.21. The first-order chi connectivity index (χ1) is 10.6. The Morgan fingerprint density at radius 1 is 1.36 bits per heavy atom. The van der Waals surface area contributed by atoms with Gasteiger partial charge < -0.3 is 5.32 Å². The van der Waals surface area contributed by atoms with Crippen molar-refractivity contribution in [2.45, 2.75) is 43.1 Å². The van der Waals surface area contributed by atoms with Gasteiger partial charge in [0.05, 0.1) is 11.3 Å². The minimum atomic E-state index is -0.257. The van der Waals surface area contributed by atoms with E-state index in [0.29, 0.717) is 5.16 Å². The number of thioether (sulfide) groups is 1. The van der Waals surface area contributed by atoms with Crippen molar-refractivity contribution in [1.82, 2.24) is 25.5 Å². The number of nitrogens with one attached hydrogen (secondary N) is 1. The van der Waals surface area contributed by atoms with E-state index in [2.05, 4.69) is 27.8 Å². The van der Waals surface area contributed by atoms with Crippen molar-refractivity contribution in [3.05, 3.63) is 35.9 Å². The van der Waals surface area contributed by atoms with E-state index >= 15 is 0 Å². The number of hydrogen-bond donors (Lipinski definition) is 1. The van der Waals surface area contributed by atoms with E-state index in [0.717, 1.165) is 18.4 Å². The quantitative estimate of drug-likeness (QED) is 0.793. The average Bonchev–Trinajstić information content (AvgIpc) is 2.92. The summed E-state index contributed by atoms with van der Waals surface area (Å²) in [6, 6.07) is 10.1. The van der Waals surface area contributed by atoms with Crippen LogP contribution in [0.25, 0.3) is 0 Å². The van der Waals surface area contributed by atoms with Crippen molar-refractivity contribution in [1.29, 1.82) is 0 Å². The second-order valence-corrected chi connectivity index (χ2v) is 6.41. The Morgan fingerprint density at radius 2 is 2.09 bits per heavy atom. The molecule has 0 aliphatic carbocycles. The van der Waals surface area contributed by atoms with Gasteiger partial charge in [-0.05, 0) is 29.3 Å². The van der Waals surface area contributed by atoms with Gasteiger partial charge in [-0.2, -0.15) is 0 Å². The van der Waals surface area contributed by atoms with Crippen molar-refractivity contribution in [3.8, 4) is 0 Å². The number of carbonyl (C=O) groups excluding carboxylic acids is 1. The van der Waals surface area contributed by atoms with Gasteiger partial charge in [0.15, 0.2) is 0 Å². The Kier molecular flexibility index (Phi) is 5.94. The van der Waals surface area contributed by atoms with Gasteiger partial charge >= 0.3 is 0 Å². The molecule has 2 aromatic rings. The highest BCUT2D eigenvalue weighted by molar-refractivity contribution is 8.00. The third-order valence-electron chi connectivity index (χ3n) is 3.33. The van der Waals surface area contributed by atoms with Gasteiger partial charge in [-0.15, -0.1) is 5.10 Å². The molecular formula is C15H21N5OS. The molecule has 1 aromatic carbocycles. The lowest BCUT2D eigenvalue weighted by molar-refractivity contribution is -0.121. The lowest BCUT2D eigenvalue weighted by Crippen LogP contribution is -2.34. The number of benzene rings is 1. The van der Waals surface area contributed by atoms with Crippen LogP contribution in [0.5, 0.6) is 0 Å². The normalized spacial score (nSPS) is 13.6. The molecule has 0 saturated heterocycles. The molecule has 118 valence electrons. The molecule has 0 aliphatic rings. The first-order valence-electron chi connectivity index (χ1n) is 7.36. The van der Waals surface area contributed by atoms with Crippen LogP contribution in [-0.2, 0) is 11.8 Å². The number of tetrazole rings is 1. The highest BCUT2D eigenvalue weighted by Crippen LogP contribution is 2.22. The number of aromatic nitrogens is 4. The van der Waals surface area contributed by atoms with Crippen LogP contribution in [0, 0.1) is 0 Å². The summed E-state index contributed by atoms with van der Waals surface area (Å²) in [6.45, 7) is 3.98. The summed E-state index contributed by atoms with van der Waals surface area (Å²) in [6.07, 6.45) is 1.92. The van der Waals surface area contributed by atoms with E-state index in [1.165, 1.54) is 11.8 Å². The molecule has 0 aliphatic heterocycles. The molecule has 1 N–H and O–H groups in total. The van der Waals surface area contributed by atoms with Gasteiger partial charge in [0.25, 0.3) is 0 Å². The first kappa shape index (κ1) is 16.5. The standard InChI is InChI=1S/C15H21N5OS/c1-4-8-13(12-9-6-5-7-10-12)16-14(21)11(2)22-15-17-18-19-20(15)3/h5-7,9-11,13H,4,8H2,1-3H3,(H,16,21)/t11-,13+/m0/s1. The summed E-state index contributed by atoms with van der Waals surface area (Å²) in [4.78, 5) is 12.4. The Labute approximate surface area is 134 Å². The smallest absolute Gasteiger partial charge is 0.233 e. The number of nitrogens with zero attached hydrogens (tertiary/aromatic N) is 4. The maximum absolute atomic E-state index is 12.4. The van der Waals surface area contributed by atoms with Crippen molar-refractivity contribution < 1.29 is 4.79 Å². The van der Waals surface area contributed by atoms with E-state index in [-0.39, 0.29) is 17.2 Å². The number of hydrogen-bond acceptors (Lipinski definition) is 5. The predicted octanol–water partition coefficient (Wildman–Crippen LogP) is 2.35. The fraction of sp³-hybridized carbons (Fsp3) is 0.467. The van der Waals surface area contributed by atoms with Crippen LogP contribution in [-0.4, -0.2) is 31.4 Å². The summed E-state index contributed by atoms with van der Waals surface area (Å²) >= 11 is 1.36. The van der Waals surface area contributed by atoms with Gasteiger partial charge in [-0.3, -0.25) is 4.79 Å². The van der Waals surface area contributed by atoms with Crippen molar-refractivity contribution in [3.63, 3.8) is 0 Å². The fourth-order valence-electron chi connectivity index (χ4n) is 2.12. The lowest BCUT2D eigenvalue weighted by atomic mass is 10.0. The second-order valence-electron chi connectivity index (χ2n) is 5.11.